The lowest BCUT2D eigenvalue weighted by molar-refractivity contribution is -0.122. The zero-order valence-electron chi connectivity index (χ0n) is 13.2. The zero-order chi connectivity index (χ0) is 14.5. The molecule has 0 radical (unpaired) electrons. The van der Waals surface area contributed by atoms with Crippen molar-refractivity contribution in [2.75, 3.05) is 32.8 Å². The maximum atomic E-state index is 11.9. The van der Waals surface area contributed by atoms with Gasteiger partial charge in [-0.05, 0) is 57.0 Å². The number of piperidine rings is 1. The summed E-state index contributed by atoms with van der Waals surface area (Å²) in [7, 11) is 0. The van der Waals surface area contributed by atoms with E-state index < -0.39 is 0 Å². The molecule has 120 valence electrons. The van der Waals surface area contributed by atoms with E-state index in [1.165, 1.54) is 51.6 Å². The van der Waals surface area contributed by atoms with E-state index in [0.29, 0.717) is 18.3 Å². The van der Waals surface area contributed by atoms with Gasteiger partial charge < -0.3 is 15.0 Å². The summed E-state index contributed by atoms with van der Waals surface area (Å²) in [4.78, 5) is 14.6. The minimum Gasteiger partial charge on any atom is -0.381 e. The lowest BCUT2D eigenvalue weighted by atomic mass is 9.95. The van der Waals surface area contributed by atoms with Crippen LogP contribution < -0.4 is 5.32 Å². The zero-order valence-corrected chi connectivity index (χ0v) is 13.2. The largest absolute Gasteiger partial charge is 0.381 e. The number of rotatable bonds is 5. The molecule has 2 heterocycles. The first-order valence-electron chi connectivity index (χ1n) is 8.90. The molecule has 0 aromatic heterocycles. The van der Waals surface area contributed by atoms with Crippen molar-refractivity contribution in [2.45, 2.75) is 57.4 Å². The molecule has 3 fully saturated rings. The van der Waals surface area contributed by atoms with E-state index in [-0.39, 0.29) is 5.91 Å². The van der Waals surface area contributed by atoms with Crippen LogP contribution in [-0.2, 0) is 9.53 Å². The van der Waals surface area contributed by atoms with Gasteiger partial charge >= 0.3 is 0 Å². The van der Waals surface area contributed by atoms with Crippen molar-refractivity contribution < 1.29 is 9.53 Å². The van der Waals surface area contributed by atoms with Crippen LogP contribution in [0.1, 0.15) is 51.4 Å². The molecule has 0 spiro atoms. The highest BCUT2D eigenvalue weighted by Gasteiger charge is 2.27. The van der Waals surface area contributed by atoms with Crippen LogP contribution in [0.5, 0.6) is 0 Å². The van der Waals surface area contributed by atoms with Gasteiger partial charge in [0.2, 0.25) is 5.91 Å². The Morgan fingerprint density at radius 3 is 2.48 bits per heavy atom. The fourth-order valence-electron chi connectivity index (χ4n) is 4.13. The second-order valence-electron chi connectivity index (χ2n) is 7.16. The summed E-state index contributed by atoms with van der Waals surface area (Å²) >= 11 is 0. The van der Waals surface area contributed by atoms with E-state index in [2.05, 4.69) is 10.2 Å². The summed E-state index contributed by atoms with van der Waals surface area (Å²) in [6.45, 7) is 4.96. The van der Waals surface area contributed by atoms with E-state index in [4.69, 9.17) is 4.74 Å². The number of hydrogen-bond acceptors (Lipinski definition) is 3. The molecule has 1 N–H and O–H groups in total. The Bertz CT molecular complexity index is 328. The molecule has 0 aromatic carbocycles. The monoisotopic (exact) mass is 294 g/mol. The molecule has 4 heteroatoms. The molecule has 1 saturated carbocycles. The number of likely N-dealkylation sites (tertiary alicyclic amines) is 1. The Morgan fingerprint density at radius 1 is 1.05 bits per heavy atom. The third-order valence-corrected chi connectivity index (χ3v) is 5.58. The highest BCUT2D eigenvalue weighted by molar-refractivity contribution is 5.76. The number of nitrogens with zero attached hydrogens (tertiary/aromatic N) is 1. The molecular weight excluding hydrogens is 264 g/mol. The SMILES string of the molecule is O=C(C[C@H]1CCOC1)NCC1CCN(C2CCCC2)CC1. The third-order valence-electron chi connectivity index (χ3n) is 5.58. The Morgan fingerprint density at radius 2 is 1.81 bits per heavy atom. The van der Waals surface area contributed by atoms with Crippen molar-refractivity contribution in [3.63, 3.8) is 0 Å². The summed E-state index contributed by atoms with van der Waals surface area (Å²) in [5, 5.41) is 3.15. The molecule has 1 atom stereocenters. The van der Waals surface area contributed by atoms with Crippen LogP contribution in [0.3, 0.4) is 0 Å². The highest BCUT2D eigenvalue weighted by atomic mass is 16.5. The molecule has 0 unspecified atom stereocenters. The van der Waals surface area contributed by atoms with Crippen molar-refractivity contribution in [2.24, 2.45) is 11.8 Å². The van der Waals surface area contributed by atoms with Crippen LogP contribution in [0, 0.1) is 11.8 Å². The van der Waals surface area contributed by atoms with Gasteiger partial charge in [-0.25, -0.2) is 0 Å². The van der Waals surface area contributed by atoms with Gasteiger partial charge in [-0.2, -0.15) is 0 Å². The van der Waals surface area contributed by atoms with Crippen molar-refractivity contribution in [3.05, 3.63) is 0 Å². The van der Waals surface area contributed by atoms with Gasteiger partial charge in [0, 0.05) is 32.2 Å². The number of nitrogens with one attached hydrogen (secondary N) is 1. The number of carbonyl (C=O) groups excluding carboxylic acids is 1. The number of carbonyl (C=O) groups is 1. The molecule has 4 nitrogen and oxygen atoms in total. The first-order valence-corrected chi connectivity index (χ1v) is 8.90. The van der Waals surface area contributed by atoms with E-state index in [1.807, 2.05) is 0 Å². The van der Waals surface area contributed by atoms with Crippen LogP contribution in [0.25, 0.3) is 0 Å². The average molecular weight is 294 g/mol. The van der Waals surface area contributed by atoms with Crippen LogP contribution >= 0.6 is 0 Å². The first kappa shape index (κ1) is 15.3. The Labute approximate surface area is 128 Å². The van der Waals surface area contributed by atoms with Gasteiger partial charge in [-0.15, -0.1) is 0 Å². The second kappa shape index (κ2) is 7.59. The number of amides is 1. The fraction of sp³-hybridized carbons (Fsp3) is 0.941. The third kappa shape index (κ3) is 4.43. The molecule has 2 saturated heterocycles. The number of ether oxygens (including phenoxy) is 1. The average Bonchev–Trinajstić information content (AvgIpc) is 3.19. The van der Waals surface area contributed by atoms with E-state index in [1.54, 1.807) is 0 Å². The standard InChI is InChI=1S/C17H30N2O2/c20-17(11-15-7-10-21-13-15)18-12-14-5-8-19(9-6-14)16-3-1-2-4-16/h14-16H,1-13H2,(H,18,20)/t15-/m1/s1. The van der Waals surface area contributed by atoms with Crippen LogP contribution in [0.2, 0.25) is 0 Å². The van der Waals surface area contributed by atoms with Gasteiger partial charge in [-0.3, -0.25) is 4.79 Å². The predicted molar refractivity (Wildman–Crippen MR) is 83.1 cm³/mol. The molecule has 3 rings (SSSR count). The maximum absolute atomic E-state index is 11.9. The summed E-state index contributed by atoms with van der Waals surface area (Å²) in [6, 6.07) is 0.864. The Balaban J connectivity index is 1.30. The molecule has 1 aliphatic carbocycles. The van der Waals surface area contributed by atoms with Gasteiger partial charge in [0.1, 0.15) is 0 Å². The smallest absolute Gasteiger partial charge is 0.220 e. The van der Waals surface area contributed by atoms with E-state index in [0.717, 1.165) is 32.2 Å². The summed E-state index contributed by atoms with van der Waals surface area (Å²) in [5.74, 6) is 1.37. The molecule has 2 aliphatic heterocycles. The minimum absolute atomic E-state index is 0.226. The van der Waals surface area contributed by atoms with Crippen molar-refractivity contribution in [1.82, 2.24) is 10.2 Å². The molecule has 0 bridgehead atoms. The van der Waals surface area contributed by atoms with Gasteiger partial charge in [0.25, 0.3) is 0 Å². The molecule has 1 amide bonds. The van der Waals surface area contributed by atoms with Gasteiger partial charge in [0.05, 0.1) is 0 Å². The normalized spacial score (nSPS) is 29.0. The highest BCUT2D eigenvalue weighted by Crippen LogP contribution is 2.27. The molecule has 0 aromatic rings. The lowest BCUT2D eigenvalue weighted by Crippen LogP contribution is -2.42. The van der Waals surface area contributed by atoms with Crippen LogP contribution in [0.15, 0.2) is 0 Å². The van der Waals surface area contributed by atoms with Crippen molar-refractivity contribution in [3.8, 4) is 0 Å². The maximum Gasteiger partial charge on any atom is 0.220 e. The molecule has 21 heavy (non-hydrogen) atoms. The van der Waals surface area contributed by atoms with Crippen molar-refractivity contribution >= 4 is 5.91 Å². The van der Waals surface area contributed by atoms with Gasteiger partial charge in [-0.1, -0.05) is 12.8 Å². The van der Waals surface area contributed by atoms with Gasteiger partial charge in [0.15, 0.2) is 0 Å². The molecule has 3 aliphatic rings. The fourth-order valence-corrected chi connectivity index (χ4v) is 4.13. The quantitative estimate of drug-likeness (QED) is 0.845. The predicted octanol–water partition coefficient (Wildman–Crippen LogP) is 2.18. The molecular formula is C17H30N2O2. The number of hydrogen-bond donors (Lipinski definition) is 1. The second-order valence-corrected chi connectivity index (χ2v) is 7.16. The Hall–Kier alpha value is -0.610. The lowest BCUT2D eigenvalue weighted by Gasteiger charge is -2.36. The van der Waals surface area contributed by atoms with Crippen LogP contribution in [0.4, 0.5) is 0 Å². The van der Waals surface area contributed by atoms with Crippen LogP contribution in [-0.4, -0.2) is 49.7 Å². The topological polar surface area (TPSA) is 41.6 Å². The van der Waals surface area contributed by atoms with Crippen molar-refractivity contribution in [1.29, 1.82) is 0 Å². The summed E-state index contributed by atoms with van der Waals surface area (Å²) in [5.41, 5.74) is 0. The Kier molecular flexibility index (Phi) is 5.53. The minimum atomic E-state index is 0.226. The van der Waals surface area contributed by atoms with E-state index in [9.17, 15) is 4.79 Å². The summed E-state index contributed by atoms with van der Waals surface area (Å²) in [6.07, 6.45) is 9.87. The first-order chi connectivity index (χ1) is 10.3. The van der Waals surface area contributed by atoms with E-state index >= 15 is 0 Å². The summed E-state index contributed by atoms with van der Waals surface area (Å²) < 4.78 is 5.33.